The predicted octanol–water partition coefficient (Wildman–Crippen LogP) is 1.99. The summed E-state index contributed by atoms with van der Waals surface area (Å²) >= 11 is 0. The number of halogens is 1. The van der Waals surface area contributed by atoms with Crippen molar-refractivity contribution >= 4 is 23.2 Å². The van der Waals surface area contributed by atoms with Crippen LogP contribution < -0.4 is 10.6 Å². The SMILES string of the molecule is O=C(NCc1ccc(F)cc1)C(=O)Nc1ccccc1[N+](=O)[O-]. The smallest absolute Gasteiger partial charge is 0.313 e. The molecule has 0 spiro atoms. The molecule has 0 saturated carbocycles. The van der Waals surface area contributed by atoms with Gasteiger partial charge in [-0.25, -0.2) is 4.39 Å². The van der Waals surface area contributed by atoms with Crippen LogP contribution in [0.2, 0.25) is 0 Å². The zero-order valence-corrected chi connectivity index (χ0v) is 11.8. The minimum Gasteiger partial charge on any atom is -0.344 e. The minimum atomic E-state index is -1.03. The molecule has 0 aromatic heterocycles. The lowest BCUT2D eigenvalue weighted by Gasteiger charge is -2.07. The van der Waals surface area contributed by atoms with E-state index in [9.17, 15) is 24.1 Å². The number of nitrogens with one attached hydrogen (secondary N) is 2. The Morgan fingerprint density at radius 2 is 1.70 bits per heavy atom. The fraction of sp³-hybridized carbons (Fsp3) is 0.0667. The van der Waals surface area contributed by atoms with Crippen molar-refractivity contribution in [1.29, 1.82) is 0 Å². The van der Waals surface area contributed by atoms with Crippen LogP contribution >= 0.6 is 0 Å². The molecule has 0 radical (unpaired) electrons. The fourth-order valence-electron chi connectivity index (χ4n) is 1.78. The molecule has 0 aliphatic rings. The Bertz CT molecular complexity index is 747. The van der Waals surface area contributed by atoms with Gasteiger partial charge in [0.2, 0.25) is 0 Å². The molecular weight excluding hydrogens is 305 g/mol. The molecule has 118 valence electrons. The molecule has 0 aliphatic heterocycles. The minimum absolute atomic E-state index is 0.0312. The van der Waals surface area contributed by atoms with Crippen LogP contribution in [0.3, 0.4) is 0 Å². The molecule has 2 rings (SSSR count). The van der Waals surface area contributed by atoms with Crippen LogP contribution in [-0.4, -0.2) is 16.7 Å². The van der Waals surface area contributed by atoms with E-state index in [1.807, 2.05) is 0 Å². The van der Waals surface area contributed by atoms with Gasteiger partial charge in [-0.2, -0.15) is 0 Å². The summed E-state index contributed by atoms with van der Waals surface area (Å²) in [5.74, 6) is -2.39. The van der Waals surface area contributed by atoms with Gasteiger partial charge in [-0.05, 0) is 23.8 Å². The number of benzene rings is 2. The van der Waals surface area contributed by atoms with Crippen LogP contribution in [-0.2, 0) is 16.1 Å². The third-order valence-electron chi connectivity index (χ3n) is 2.92. The van der Waals surface area contributed by atoms with Gasteiger partial charge in [0.1, 0.15) is 11.5 Å². The molecule has 0 aliphatic carbocycles. The average Bonchev–Trinajstić information content (AvgIpc) is 2.54. The number of anilines is 1. The summed E-state index contributed by atoms with van der Waals surface area (Å²) in [5, 5.41) is 15.4. The Balaban J connectivity index is 1.96. The second kappa shape index (κ2) is 7.12. The average molecular weight is 317 g/mol. The van der Waals surface area contributed by atoms with Crippen molar-refractivity contribution in [2.75, 3.05) is 5.32 Å². The van der Waals surface area contributed by atoms with Crippen molar-refractivity contribution < 1.29 is 18.9 Å². The van der Waals surface area contributed by atoms with Gasteiger partial charge in [-0.1, -0.05) is 24.3 Å². The Morgan fingerprint density at radius 1 is 1.04 bits per heavy atom. The van der Waals surface area contributed by atoms with Crippen LogP contribution in [0.15, 0.2) is 48.5 Å². The molecule has 0 unspecified atom stereocenters. The van der Waals surface area contributed by atoms with E-state index in [1.165, 1.54) is 48.5 Å². The molecule has 0 heterocycles. The summed E-state index contributed by atoms with van der Waals surface area (Å²) in [6.07, 6.45) is 0. The van der Waals surface area contributed by atoms with E-state index in [4.69, 9.17) is 0 Å². The fourth-order valence-corrected chi connectivity index (χ4v) is 1.78. The molecule has 0 saturated heterocycles. The molecule has 23 heavy (non-hydrogen) atoms. The van der Waals surface area contributed by atoms with Gasteiger partial charge in [-0.3, -0.25) is 19.7 Å². The van der Waals surface area contributed by atoms with Gasteiger partial charge in [0, 0.05) is 12.6 Å². The summed E-state index contributed by atoms with van der Waals surface area (Å²) in [6.45, 7) is 0.0312. The van der Waals surface area contributed by atoms with E-state index in [2.05, 4.69) is 10.6 Å². The van der Waals surface area contributed by atoms with Crippen LogP contribution in [0, 0.1) is 15.9 Å². The monoisotopic (exact) mass is 317 g/mol. The van der Waals surface area contributed by atoms with Crippen LogP contribution in [0.5, 0.6) is 0 Å². The van der Waals surface area contributed by atoms with Gasteiger partial charge in [-0.15, -0.1) is 0 Å². The van der Waals surface area contributed by atoms with E-state index < -0.39 is 22.6 Å². The molecular formula is C15H12FN3O4. The van der Waals surface area contributed by atoms with Crippen molar-refractivity contribution in [2.24, 2.45) is 0 Å². The molecule has 2 aromatic rings. The van der Waals surface area contributed by atoms with E-state index in [-0.39, 0.29) is 17.9 Å². The Hall–Kier alpha value is -3.29. The number of carbonyl (C=O) groups is 2. The lowest BCUT2D eigenvalue weighted by Crippen LogP contribution is -2.35. The first-order chi connectivity index (χ1) is 11.0. The second-order valence-electron chi connectivity index (χ2n) is 4.54. The maximum Gasteiger partial charge on any atom is 0.313 e. The largest absolute Gasteiger partial charge is 0.344 e. The van der Waals surface area contributed by atoms with E-state index in [1.54, 1.807) is 0 Å². The molecule has 0 bridgehead atoms. The lowest BCUT2D eigenvalue weighted by molar-refractivity contribution is -0.383. The predicted molar refractivity (Wildman–Crippen MR) is 80.0 cm³/mol. The first kappa shape index (κ1) is 16.1. The van der Waals surface area contributed by atoms with E-state index in [0.717, 1.165) is 0 Å². The number of nitrogens with zero attached hydrogens (tertiary/aromatic N) is 1. The molecule has 0 fully saturated rings. The van der Waals surface area contributed by atoms with Crippen molar-refractivity contribution in [1.82, 2.24) is 5.32 Å². The molecule has 0 atom stereocenters. The summed E-state index contributed by atoms with van der Waals surface area (Å²) in [5.41, 5.74) is 0.227. The highest BCUT2D eigenvalue weighted by atomic mass is 19.1. The summed E-state index contributed by atoms with van der Waals surface area (Å²) < 4.78 is 12.8. The van der Waals surface area contributed by atoms with Gasteiger partial charge >= 0.3 is 11.8 Å². The number of hydrogen-bond acceptors (Lipinski definition) is 4. The summed E-state index contributed by atoms with van der Waals surface area (Å²) in [6, 6.07) is 10.9. The van der Waals surface area contributed by atoms with Crippen molar-refractivity contribution in [2.45, 2.75) is 6.54 Å². The standard InChI is InChI=1S/C15H12FN3O4/c16-11-7-5-10(6-8-11)9-17-14(20)15(21)18-12-3-1-2-4-13(12)19(22)23/h1-8H,9H2,(H,17,20)(H,18,21). The van der Waals surface area contributed by atoms with Gasteiger partial charge < -0.3 is 10.6 Å². The van der Waals surface area contributed by atoms with Crippen molar-refractivity contribution in [3.05, 3.63) is 70.0 Å². The maximum absolute atomic E-state index is 12.8. The number of rotatable bonds is 4. The van der Waals surface area contributed by atoms with Crippen LogP contribution in [0.25, 0.3) is 0 Å². The highest BCUT2D eigenvalue weighted by molar-refractivity contribution is 6.39. The van der Waals surface area contributed by atoms with Crippen LogP contribution in [0.1, 0.15) is 5.56 Å². The zero-order chi connectivity index (χ0) is 16.8. The zero-order valence-electron chi connectivity index (χ0n) is 11.8. The molecule has 2 aromatic carbocycles. The number of carbonyl (C=O) groups excluding carboxylic acids is 2. The third kappa shape index (κ3) is 4.34. The normalized spacial score (nSPS) is 9.96. The molecule has 7 nitrogen and oxygen atoms in total. The molecule has 8 heteroatoms. The number of amides is 2. The Morgan fingerprint density at radius 3 is 2.35 bits per heavy atom. The first-order valence-electron chi connectivity index (χ1n) is 6.54. The molecule has 2 amide bonds. The lowest BCUT2D eigenvalue weighted by atomic mass is 10.2. The Kier molecular flexibility index (Phi) is 4.98. The number of hydrogen-bond donors (Lipinski definition) is 2. The highest BCUT2D eigenvalue weighted by Crippen LogP contribution is 2.22. The van der Waals surface area contributed by atoms with Crippen molar-refractivity contribution in [3.63, 3.8) is 0 Å². The number of para-hydroxylation sites is 2. The number of nitro groups is 1. The topological polar surface area (TPSA) is 101 Å². The van der Waals surface area contributed by atoms with Crippen LogP contribution in [0.4, 0.5) is 15.8 Å². The van der Waals surface area contributed by atoms with E-state index >= 15 is 0 Å². The van der Waals surface area contributed by atoms with Crippen molar-refractivity contribution in [3.8, 4) is 0 Å². The first-order valence-corrected chi connectivity index (χ1v) is 6.54. The van der Waals surface area contributed by atoms with Gasteiger partial charge in [0.15, 0.2) is 0 Å². The summed E-state index contributed by atoms with van der Waals surface area (Å²) in [4.78, 5) is 33.6. The number of nitro benzene ring substituents is 1. The second-order valence-corrected chi connectivity index (χ2v) is 4.54. The van der Waals surface area contributed by atoms with Gasteiger partial charge in [0.05, 0.1) is 4.92 Å². The Labute approximate surface area is 130 Å². The maximum atomic E-state index is 12.8. The quantitative estimate of drug-likeness (QED) is 0.511. The highest BCUT2D eigenvalue weighted by Gasteiger charge is 2.19. The summed E-state index contributed by atoms with van der Waals surface area (Å²) in [7, 11) is 0. The molecule has 2 N–H and O–H groups in total. The van der Waals surface area contributed by atoms with Gasteiger partial charge in [0.25, 0.3) is 5.69 Å². The third-order valence-corrected chi connectivity index (χ3v) is 2.92. The van der Waals surface area contributed by atoms with E-state index in [0.29, 0.717) is 5.56 Å².